The van der Waals surface area contributed by atoms with Crippen molar-refractivity contribution in [1.82, 2.24) is 5.32 Å². The normalized spacial score (nSPS) is 17.1. The van der Waals surface area contributed by atoms with Crippen LogP contribution in [0.2, 0.25) is 0 Å². The highest BCUT2D eigenvalue weighted by Crippen LogP contribution is 2.39. The van der Waals surface area contributed by atoms with Gasteiger partial charge in [-0.2, -0.15) is 0 Å². The number of Topliss-reactive ketones (excluding diaryl/α,β-unsaturated/α-hetero) is 2. The molecule has 1 aliphatic carbocycles. The number of hydrogen-bond acceptors (Lipinski definition) is 4. The molecule has 3 N–H and O–H groups in total. The van der Waals surface area contributed by atoms with Gasteiger partial charge in [0, 0.05) is 31.5 Å². The maximum atomic E-state index is 12.5. The first kappa shape index (κ1) is 21.1. The summed E-state index contributed by atoms with van der Waals surface area (Å²) in [4.78, 5) is 25.1. The molecule has 0 amide bonds. The molecule has 0 aliphatic heterocycles. The van der Waals surface area contributed by atoms with Gasteiger partial charge in [-0.25, -0.2) is 0 Å². The lowest BCUT2D eigenvalue weighted by Gasteiger charge is -2.28. The van der Waals surface area contributed by atoms with Gasteiger partial charge in [0.15, 0.2) is 16.7 Å². The summed E-state index contributed by atoms with van der Waals surface area (Å²) in [7, 11) is 0. The van der Waals surface area contributed by atoms with E-state index in [9.17, 15) is 14.7 Å². The Morgan fingerprint density at radius 1 is 1.15 bits per heavy atom. The van der Waals surface area contributed by atoms with E-state index in [4.69, 9.17) is 12.2 Å². The van der Waals surface area contributed by atoms with Crippen LogP contribution in [0.5, 0.6) is 0 Å². The second-order valence-electron chi connectivity index (χ2n) is 7.04. The number of carbonyl (C=O) groups excluding carboxylic acids is 2. The van der Waals surface area contributed by atoms with Gasteiger partial charge in [-0.15, -0.1) is 0 Å². The van der Waals surface area contributed by atoms with Gasteiger partial charge in [0.25, 0.3) is 0 Å². The minimum Gasteiger partial charge on any atom is -0.511 e. The zero-order valence-corrected chi connectivity index (χ0v) is 17.5. The molecule has 2 rings (SSSR count). The first-order valence-corrected chi connectivity index (χ1v) is 9.76. The Hall–Kier alpha value is -2.21. The number of ketones is 2. The fourth-order valence-electron chi connectivity index (χ4n) is 3.92. The molecule has 5 nitrogen and oxygen atoms in total. The van der Waals surface area contributed by atoms with E-state index in [0.717, 1.165) is 34.5 Å². The molecular weight excluding hydrogens is 360 g/mol. The molecule has 0 atom stereocenters. The monoisotopic (exact) mass is 388 g/mol. The summed E-state index contributed by atoms with van der Waals surface area (Å²) < 4.78 is 0. The lowest BCUT2D eigenvalue weighted by molar-refractivity contribution is -0.124. The number of benzene rings is 1. The Kier molecular flexibility index (Phi) is 6.76. The number of rotatable bonds is 4. The highest BCUT2D eigenvalue weighted by molar-refractivity contribution is 7.80. The van der Waals surface area contributed by atoms with Crippen LogP contribution in [0.4, 0.5) is 5.69 Å². The molecule has 0 saturated heterocycles. The van der Waals surface area contributed by atoms with Crippen LogP contribution in [-0.4, -0.2) is 28.3 Å². The van der Waals surface area contributed by atoms with E-state index in [1.807, 2.05) is 27.7 Å². The van der Waals surface area contributed by atoms with Crippen molar-refractivity contribution in [3.63, 3.8) is 0 Å². The van der Waals surface area contributed by atoms with Crippen LogP contribution in [0.3, 0.4) is 0 Å². The number of allylic oxidation sites excluding steroid dienone is 2. The molecule has 0 bridgehead atoms. The Labute approximate surface area is 166 Å². The van der Waals surface area contributed by atoms with Crippen LogP contribution in [0.1, 0.15) is 61.3 Å². The van der Waals surface area contributed by atoms with Gasteiger partial charge in [-0.3, -0.25) is 9.59 Å². The predicted octanol–water partition coefficient (Wildman–Crippen LogP) is 4.16. The van der Waals surface area contributed by atoms with E-state index in [2.05, 4.69) is 16.7 Å². The third-order valence-corrected chi connectivity index (χ3v) is 5.31. The number of carbonyl (C=O) groups is 2. The van der Waals surface area contributed by atoms with Gasteiger partial charge >= 0.3 is 0 Å². The van der Waals surface area contributed by atoms with Crippen molar-refractivity contribution in [1.29, 1.82) is 0 Å². The quantitative estimate of drug-likeness (QED) is 0.311. The maximum Gasteiger partial charge on any atom is 0.170 e. The number of anilines is 1. The van der Waals surface area contributed by atoms with Gasteiger partial charge < -0.3 is 15.7 Å². The smallest absolute Gasteiger partial charge is 0.170 e. The summed E-state index contributed by atoms with van der Waals surface area (Å²) >= 11 is 5.32. The minimum absolute atomic E-state index is 0.0113. The highest BCUT2D eigenvalue weighted by atomic mass is 32.1. The average Bonchev–Trinajstić information content (AvgIpc) is 2.58. The van der Waals surface area contributed by atoms with Crippen molar-refractivity contribution in [2.24, 2.45) is 0 Å². The predicted molar refractivity (Wildman–Crippen MR) is 112 cm³/mol. The second kappa shape index (κ2) is 8.65. The van der Waals surface area contributed by atoms with Gasteiger partial charge in [0.1, 0.15) is 5.76 Å². The number of hydrogen-bond donors (Lipinski definition) is 3. The maximum absolute atomic E-state index is 12.5. The van der Waals surface area contributed by atoms with E-state index in [-0.39, 0.29) is 48.1 Å². The first-order chi connectivity index (χ1) is 12.7. The highest BCUT2D eigenvalue weighted by Gasteiger charge is 2.35. The summed E-state index contributed by atoms with van der Waals surface area (Å²) in [6, 6.07) is 2.06. The molecule has 0 heterocycles. The lowest BCUT2D eigenvalue weighted by Crippen LogP contribution is -2.29. The molecule has 27 heavy (non-hydrogen) atoms. The molecule has 1 aromatic rings. The van der Waals surface area contributed by atoms with E-state index >= 15 is 0 Å². The summed E-state index contributed by atoms with van der Waals surface area (Å²) in [6.45, 7) is 10.4. The number of aliphatic hydroxyl groups excluding tert-OH is 1. The van der Waals surface area contributed by atoms with Crippen LogP contribution in [-0.2, 0) is 9.59 Å². The van der Waals surface area contributed by atoms with Gasteiger partial charge in [-0.1, -0.05) is 13.0 Å². The third kappa shape index (κ3) is 4.38. The Morgan fingerprint density at radius 2 is 1.74 bits per heavy atom. The molecule has 0 radical (unpaired) electrons. The van der Waals surface area contributed by atoms with Crippen molar-refractivity contribution in [2.75, 3.05) is 11.9 Å². The van der Waals surface area contributed by atoms with Crippen molar-refractivity contribution >= 4 is 34.6 Å². The zero-order chi connectivity index (χ0) is 20.3. The second-order valence-corrected chi connectivity index (χ2v) is 7.44. The number of thiocarbonyl (C=S) groups is 1. The van der Waals surface area contributed by atoms with Crippen molar-refractivity contribution in [2.45, 2.75) is 59.8 Å². The number of nitrogens with one attached hydrogen (secondary N) is 2. The van der Waals surface area contributed by atoms with Crippen LogP contribution in [0.15, 0.2) is 17.4 Å². The van der Waals surface area contributed by atoms with Crippen molar-refractivity contribution < 1.29 is 14.7 Å². The average molecular weight is 389 g/mol. The van der Waals surface area contributed by atoms with Crippen LogP contribution < -0.4 is 10.6 Å². The van der Waals surface area contributed by atoms with Crippen LogP contribution in [0.25, 0.3) is 0 Å². The molecule has 0 unspecified atom stereocenters. The van der Waals surface area contributed by atoms with Crippen molar-refractivity contribution in [3.05, 3.63) is 39.7 Å². The Balaban J connectivity index is 2.43. The topological polar surface area (TPSA) is 78.4 Å². The SMILES string of the molecule is CCNC(=S)Nc1c(C)cc(C)c(C2CC(=O)C(=C(O)CC)C(=O)C2)c1C. The zero-order valence-electron chi connectivity index (χ0n) is 16.7. The lowest BCUT2D eigenvalue weighted by atomic mass is 9.76. The van der Waals surface area contributed by atoms with Gasteiger partial charge in [-0.05, 0) is 68.1 Å². The van der Waals surface area contributed by atoms with E-state index in [1.165, 1.54) is 0 Å². The van der Waals surface area contributed by atoms with E-state index in [1.54, 1.807) is 6.92 Å². The Bertz CT molecular complexity index is 807. The van der Waals surface area contributed by atoms with E-state index < -0.39 is 0 Å². The molecule has 0 spiro atoms. The van der Waals surface area contributed by atoms with Gasteiger partial charge in [0.05, 0.1) is 5.57 Å². The fraction of sp³-hybridized carbons (Fsp3) is 0.476. The largest absolute Gasteiger partial charge is 0.511 e. The molecule has 0 aromatic heterocycles. The Morgan fingerprint density at radius 3 is 2.26 bits per heavy atom. The molecule has 1 saturated carbocycles. The van der Waals surface area contributed by atoms with Crippen LogP contribution in [0, 0.1) is 20.8 Å². The van der Waals surface area contributed by atoms with Crippen molar-refractivity contribution in [3.8, 4) is 0 Å². The van der Waals surface area contributed by atoms with Crippen LogP contribution >= 0.6 is 12.2 Å². The summed E-state index contributed by atoms with van der Waals surface area (Å²) in [5.74, 6) is -0.827. The summed E-state index contributed by atoms with van der Waals surface area (Å²) in [5.41, 5.74) is 5.04. The third-order valence-electron chi connectivity index (χ3n) is 5.06. The molecule has 6 heteroatoms. The summed E-state index contributed by atoms with van der Waals surface area (Å²) in [6.07, 6.45) is 0.746. The van der Waals surface area contributed by atoms with E-state index in [0.29, 0.717) is 5.11 Å². The minimum atomic E-state index is -0.271. The molecular formula is C21H28N2O3S. The molecule has 1 aliphatic rings. The molecule has 146 valence electrons. The summed E-state index contributed by atoms with van der Waals surface area (Å²) in [5, 5.41) is 16.8. The number of aliphatic hydroxyl groups is 1. The van der Waals surface area contributed by atoms with Gasteiger partial charge in [0.2, 0.25) is 0 Å². The standard InChI is InChI=1S/C21H28N2O3S/c1-6-15(24)19-16(25)9-14(10-17(19)26)18-11(3)8-12(4)20(13(18)5)23-21(27)22-7-2/h8,14,24H,6-7,9-10H2,1-5H3,(H2,22,23,27). The number of aryl methyl sites for hydroxylation is 2. The first-order valence-electron chi connectivity index (χ1n) is 9.35. The molecule has 1 fully saturated rings. The molecule has 1 aromatic carbocycles. The fourth-order valence-corrected chi connectivity index (χ4v) is 4.17.